The molecule has 3 nitrogen and oxygen atoms in total. The van der Waals surface area contributed by atoms with Gasteiger partial charge in [0.25, 0.3) is 0 Å². The summed E-state index contributed by atoms with van der Waals surface area (Å²) in [7, 11) is 0. The molecular weight excluding hydrogens is 338 g/mol. The first-order chi connectivity index (χ1) is 8.72. The molecule has 1 aromatic carbocycles. The number of hydrogen-bond acceptors (Lipinski definition) is 4. The fraction of sp³-hybridized carbons (Fsp3) is 0.167. The predicted molar refractivity (Wildman–Crippen MR) is 76.9 cm³/mol. The van der Waals surface area contributed by atoms with Gasteiger partial charge >= 0.3 is 0 Å². The third-order valence-electron chi connectivity index (χ3n) is 2.54. The van der Waals surface area contributed by atoms with Crippen molar-refractivity contribution in [3.8, 4) is 11.5 Å². The topological polar surface area (TPSA) is 30.5 Å². The van der Waals surface area contributed by atoms with Crippen LogP contribution in [-0.2, 0) is 6.54 Å². The molecule has 0 atom stereocenters. The average molecular weight is 347 g/mol. The number of ether oxygens (including phenoxy) is 2. The van der Waals surface area contributed by atoms with Crippen molar-refractivity contribution in [3.63, 3.8) is 0 Å². The van der Waals surface area contributed by atoms with E-state index in [1.165, 1.54) is 4.88 Å². The molecule has 0 saturated carbocycles. The van der Waals surface area contributed by atoms with E-state index in [9.17, 15) is 0 Å². The predicted octanol–water partition coefficient (Wildman–Crippen LogP) is 4.50. The molecule has 0 aliphatic carbocycles. The number of fused-ring (bicyclic) bond motifs is 1. The molecule has 94 valence electrons. The summed E-state index contributed by atoms with van der Waals surface area (Å²) in [5.74, 6) is 1.43. The lowest BCUT2D eigenvalue weighted by Gasteiger charge is -2.08. The van der Waals surface area contributed by atoms with Crippen molar-refractivity contribution >= 4 is 44.6 Å². The summed E-state index contributed by atoms with van der Waals surface area (Å²) in [6.45, 7) is 0.989. The van der Waals surface area contributed by atoms with Gasteiger partial charge in [0.05, 0.1) is 14.5 Å². The molecule has 0 amide bonds. The minimum atomic E-state index is 0.257. The van der Waals surface area contributed by atoms with Gasteiger partial charge in [-0.3, -0.25) is 0 Å². The highest BCUT2D eigenvalue weighted by Gasteiger charge is 2.16. The van der Waals surface area contributed by atoms with Crippen LogP contribution in [0.5, 0.6) is 11.5 Å². The van der Waals surface area contributed by atoms with E-state index >= 15 is 0 Å². The Hall–Kier alpha value is -0.910. The van der Waals surface area contributed by atoms with E-state index < -0.39 is 0 Å². The molecule has 2 aromatic rings. The van der Waals surface area contributed by atoms with Gasteiger partial charge in [-0.15, -0.1) is 11.3 Å². The highest BCUT2D eigenvalue weighted by molar-refractivity contribution is 9.11. The van der Waals surface area contributed by atoms with Crippen LogP contribution in [0.25, 0.3) is 0 Å². The number of rotatable bonds is 3. The standard InChI is InChI=1S/C12H9BrClNO2S/c13-12-2-1-7(18-12)5-15-9-4-11-10(3-8(9)14)16-6-17-11/h1-4,15H,5-6H2. The SMILES string of the molecule is Clc1cc2c(cc1NCc1ccc(Br)s1)OCO2. The molecule has 1 aliphatic heterocycles. The summed E-state index contributed by atoms with van der Waals surface area (Å²) < 4.78 is 11.7. The van der Waals surface area contributed by atoms with Gasteiger partial charge in [-0.1, -0.05) is 11.6 Å². The Morgan fingerprint density at radius 3 is 2.78 bits per heavy atom. The fourth-order valence-corrected chi connectivity index (χ4v) is 3.33. The van der Waals surface area contributed by atoms with Crippen molar-refractivity contribution < 1.29 is 9.47 Å². The molecule has 1 aromatic heterocycles. The van der Waals surface area contributed by atoms with Crippen LogP contribution in [0, 0.1) is 0 Å². The van der Waals surface area contributed by atoms with Gasteiger partial charge in [-0.25, -0.2) is 0 Å². The molecule has 0 radical (unpaired) electrons. The number of anilines is 1. The van der Waals surface area contributed by atoms with Crippen molar-refractivity contribution in [1.29, 1.82) is 0 Å². The largest absolute Gasteiger partial charge is 0.454 e. The second-order valence-corrected chi connectivity index (χ2v) is 6.70. The van der Waals surface area contributed by atoms with Crippen LogP contribution in [0.4, 0.5) is 5.69 Å². The summed E-state index contributed by atoms with van der Waals surface area (Å²) in [6.07, 6.45) is 0. The fourth-order valence-electron chi connectivity index (χ4n) is 1.68. The maximum absolute atomic E-state index is 6.18. The summed E-state index contributed by atoms with van der Waals surface area (Å²) in [5, 5.41) is 3.93. The normalized spacial score (nSPS) is 12.8. The second kappa shape index (κ2) is 4.99. The van der Waals surface area contributed by atoms with Crippen LogP contribution in [0.3, 0.4) is 0 Å². The lowest BCUT2D eigenvalue weighted by atomic mass is 10.2. The van der Waals surface area contributed by atoms with Crippen molar-refractivity contribution in [2.24, 2.45) is 0 Å². The van der Waals surface area contributed by atoms with Crippen LogP contribution >= 0.6 is 38.9 Å². The maximum atomic E-state index is 6.18. The smallest absolute Gasteiger partial charge is 0.231 e. The van der Waals surface area contributed by atoms with Gasteiger partial charge in [0, 0.05) is 23.6 Å². The minimum Gasteiger partial charge on any atom is -0.454 e. The first kappa shape index (κ1) is 12.1. The maximum Gasteiger partial charge on any atom is 0.231 e. The van der Waals surface area contributed by atoms with Gasteiger partial charge < -0.3 is 14.8 Å². The van der Waals surface area contributed by atoms with E-state index in [1.54, 1.807) is 17.4 Å². The van der Waals surface area contributed by atoms with Crippen LogP contribution < -0.4 is 14.8 Å². The Kier molecular flexibility index (Phi) is 3.37. The second-order valence-electron chi connectivity index (χ2n) is 3.74. The first-order valence-corrected chi connectivity index (χ1v) is 7.28. The summed E-state index contributed by atoms with van der Waals surface area (Å²) in [5.41, 5.74) is 0.852. The van der Waals surface area contributed by atoms with Crippen molar-refractivity contribution in [1.82, 2.24) is 0 Å². The molecule has 2 heterocycles. The summed E-state index contributed by atoms with van der Waals surface area (Å²) in [6, 6.07) is 7.75. The van der Waals surface area contributed by atoms with Gasteiger partial charge in [0.1, 0.15) is 0 Å². The summed E-state index contributed by atoms with van der Waals surface area (Å²) >= 11 is 11.3. The Balaban J connectivity index is 1.76. The van der Waals surface area contributed by atoms with E-state index in [1.807, 2.05) is 12.1 Å². The van der Waals surface area contributed by atoms with Crippen molar-refractivity contribution in [3.05, 3.63) is 38.0 Å². The van der Waals surface area contributed by atoms with E-state index in [0.717, 1.165) is 21.8 Å². The number of benzene rings is 1. The highest BCUT2D eigenvalue weighted by Crippen LogP contribution is 2.39. The molecule has 3 rings (SSSR count). The first-order valence-electron chi connectivity index (χ1n) is 5.29. The summed E-state index contributed by atoms with van der Waals surface area (Å²) in [4.78, 5) is 1.23. The zero-order valence-corrected chi connectivity index (χ0v) is 12.4. The van der Waals surface area contributed by atoms with Crippen LogP contribution in [0.15, 0.2) is 28.1 Å². The van der Waals surface area contributed by atoms with Gasteiger partial charge in [0.15, 0.2) is 11.5 Å². The van der Waals surface area contributed by atoms with Crippen molar-refractivity contribution in [2.75, 3.05) is 12.1 Å². The number of hydrogen-bond donors (Lipinski definition) is 1. The lowest BCUT2D eigenvalue weighted by molar-refractivity contribution is 0.174. The van der Waals surface area contributed by atoms with Gasteiger partial charge in [-0.05, 0) is 28.1 Å². The highest BCUT2D eigenvalue weighted by atomic mass is 79.9. The van der Waals surface area contributed by atoms with E-state index in [4.69, 9.17) is 21.1 Å². The van der Waals surface area contributed by atoms with Gasteiger partial charge in [-0.2, -0.15) is 0 Å². The Morgan fingerprint density at radius 2 is 2.06 bits per heavy atom. The average Bonchev–Trinajstić information content (AvgIpc) is 2.94. The lowest BCUT2D eigenvalue weighted by Crippen LogP contribution is -1.98. The molecule has 0 unspecified atom stereocenters. The molecule has 1 aliphatic rings. The molecule has 1 N–H and O–H groups in total. The zero-order valence-electron chi connectivity index (χ0n) is 9.20. The minimum absolute atomic E-state index is 0.257. The third kappa shape index (κ3) is 2.43. The van der Waals surface area contributed by atoms with Crippen LogP contribution in [-0.4, -0.2) is 6.79 Å². The van der Waals surface area contributed by atoms with Gasteiger partial charge in [0.2, 0.25) is 6.79 Å². The monoisotopic (exact) mass is 345 g/mol. The van der Waals surface area contributed by atoms with Crippen LogP contribution in [0.2, 0.25) is 5.02 Å². The Morgan fingerprint density at radius 1 is 1.28 bits per heavy atom. The molecule has 0 fully saturated rings. The quantitative estimate of drug-likeness (QED) is 0.887. The third-order valence-corrected chi connectivity index (χ3v) is 4.48. The van der Waals surface area contributed by atoms with E-state index in [-0.39, 0.29) is 6.79 Å². The van der Waals surface area contributed by atoms with E-state index in [0.29, 0.717) is 10.8 Å². The van der Waals surface area contributed by atoms with Crippen molar-refractivity contribution in [2.45, 2.75) is 6.54 Å². The molecule has 18 heavy (non-hydrogen) atoms. The number of nitrogens with one attached hydrogen (secondary N) is 1. The Labute approximate surface area is 122 Å². The Bertz CT molecular complexity index is 587. The molecule has 6 heteroatoms. The molecule has 0 bridgehead atoms. The van der Waals surface area contributed by atoms with E-state index in [2.05, 4.69) is 27.3 Å². The molecule has 0 saturated heterocycles. The molecular formula is C12H9BrClNO2S. The molecule has 0 spiro atoms. The number of thiophene rings is 1. The van der Waals surface area contributed by atoms with Crippen LogP contribution in [0.1, 0.15) is 4.88 Å². The number of halogens is 2. The zero-order chi connectivity index (χ0) is 12.5.